The van der Waals surface area contributed by atoms with E-state index in [0.29, 0.717) is 52.0 Å². The summed E-state index contributed by atoms with van der Waals surface area (Å²) in [5, 5.41) is 10.1. The zero-order valence-electron chi connectivity index (χ0n) is 37.6. The molecule has 8 rings (SSSR count). The first-order chi connectivity index (χ1) is 30.6. The average Bonchev–Trinajstić information content (AvgIpc) is 3.60. The Morgan fingerprint density at radius 1 is 0.922 bits per heavy atom. The van der Waals surface area contributed by atoms with Crippen molar-refractivity contribution in [2.45, 2.75) is 77.1 Å². The number of rotatable bonds is 14. The highest BCUT2D eigenvalue weighted by Gasteiger charge is 2.41. The Bertz CT molecular complexity index is 2460. The standard InChI is InChI=1S/C47H59ClN9O6P/c1-7-30-25-36(51-46-49-27-34(48)43(53-46)50-35-12-8-9-14-41(35)64(5,6)61)40(62-4)26-38(30)56-19-17-31(18-20-56)55-23-21-54(22-24-55)29-47(2,3)63-39-13-10-11-32-33(39)28-57(45(32)60)37-15-16-42(58)52-44(37)59/h8-14,25-27,31,37H,7,15-24,28-29H2,1-6H3,(H,52,58,59)(H2,49,50,51,53). The number of carbonyl (C=O) groups is 3. The summed E-state index contributed by atoms with van der Waals surface area (Å²) in [6, 6.07) is 17.1. The molecular formula is C47H59ClN9O6P. The van der Waals surface area contributed by atoms with Crippen LogP contribution >= 0.6 is 18.7 Å². The number of hydrogen-bond donors (Lipinski definition) is 3. The molecule has 3 N–H and O–H groups in total. The van der Waals surface area contributed by atoms with E-state index in [0.717, 1.165) is 81.6 Å². The molecule has 0 saturated carbocycles. The van der Waals surface area contributed by atoms with Crippen molar-refractivity contribution in [2.75, 3.05) is 81.8 Å². The van der Waals surface area contributed by atoms with Gasteiger partial charge >= 0.3 is 0 Å². The van der Waals surface area contributed by atoms with Gasteiger partial charge in [-0.2, -0.15) is 4.98 Å². The lowest BCUT2D eigenvalue weighted by Gasteiger charge is -2.44. The van der Waals surface area contributed by atoms with E-state index in [1.54, 1.807) is 37.6 Å². The monoisotopic (exact) mass is 911 g/mol. The summed E-state index contributed by atoms with van der Waals surface area (Å²) in [6.07, 6.45) is 5.05. The van der Waals surface area contributed by atoms with Gasteiger partial charge in [0.1, 0.15) is 35.3 Å². The van der Waals surface area contributed by atoms with Crippen molar-refractivity contribution in [1.29, 1.82) is 0 Å². The molecule has 0 spiro atoms. The van der Waals surface area contributed by atoms with E-state index in [-0.39, 0.29) is 24.8 Å². The van der Waals surface area contributed by atoms with Gasteiger partial charge in [0.05, 0.1) is 31.2 Å². The number of benzene rings is 3. The lowest BCUT2D eigenvalue weighted by atomic mass is 9.99. The van der Waals surface area contributed by atoms with Crippen molar-refractivity contribution >= 4 is 70.6 Å². The van der Waals surface area contributed by atoms with Gasteiger partial charge in [-0.05, 0) is 88.8 Å². The van der Waals surface area contributed by atoms with Gasteiger partial charge in [-0.25, -0.2) is 4.98 Å². The summed E-state index contributed by atoms with van der Waals surface area (Å²) < 4.78 is 25.6. The van der Waals surface area contributed by atoms with Gasteiger partial charge in [0, 0.05) is 86.5 Å². The van der Waals surface area contributed by atoms with E-state index >= 15 is 0 Å². The second-order valence-corrected chi connectivity index (χ2v) is 21.7. The van der Waals surface area contributed by atoms with Crippen LogP contribution in [0.1, 0.15) is 67.9 Å². The molecule has 0 aliphatic carbocycles. The summed E-state index contributed by atoms with van der Waals surface area (Å²) in [4.78, 5) is 56.0. The first-order valence-corrected chi connectivity index (χ1v) is 25.2. The molecule has 1 atom stereocenters. The molecule has 15 nitrogen and oxygen atoms in total. The molecule has 340 valence electrons. The number of imide groups is 1. The molecule has 0 radical (unpaired) electrons. The highest BCUT2D eigenvalue weighted by molar-refractivity contribution is 7.70. The number of nitrogens with zero attached hydrogens (tertiary/aromatic N) is 6. The number of anilines is 5. The van der Waals surface area contributed by atoms with Gasteiger partial charge in [-0.1, -0.05) is 36.7 Å². The highest BCUT2D eigenvalue weighted by atomic mass is 35.5. The molecule has 5 heterocycles. The fourth-order valence-electron chi connectivity index (χ4n) is 9.55. The van der Waals surface area contributed by atoms with Crippen LogP contribution < -0.4 is 35.6 Å². The van der Waals surface area contributed by atoms with E-state index < -0.39 is 24.7 Å². The largest absolute Gasteiger partial charge is 0.494 e. The predicted octanol–water partition coefficient (Wildman–Crippen LogP) is 6.64. The maximum Gasteiger partial charge on any atom is 0.255 e. The predicted molar refractivity (Wildman–Crippen MR) is 252 cm³/mol. The molecule has 17 heteroatoms. The molecule has 3 aromatic carbocycles. The lowest BCUT2D eigenvalue weighted by molar-refractivity contribution is -0.136. The van der Waals surface area contributed by atoms with Crippen molar-refractivity contribution in [3.8, 4) is 11.5 Å². The Hall–Kier alpha value is -5.21. The number of para-hydroxylation sites is 1. The molecule has 4 aliphatic heterocycles. The quantitative estimate of drug-likeness (QED) is 0.0914. The van der Waals surface area contributed by atoms with Crippen LogP contribution in [-0.4, -0.2) is 126 Å². The summed E-state index contributed by atoms with van der Waals surface area (Å²) in [5.41, 5.74) is 4.63. The zero-order valence-corrected chi connectivity index (χ0v) is 39.2. The van der Waals surface area contributed by atoms with Gasteiger partial charge in [0.25, 0.3) is 5.91 Å². The fourth-order valence-corrected chi connectivity index (χ4v) is 10.8. The average molecular weight is 912 g/mol. The SMILES string of the molecule is CCc1cc(Nc2ncc(Cl)c(Nc3ccccc3P(C)(C)=O)n2)c(OC)cc1N1CCC(N2CCN(CC(C)(C)Oc3cccc4c3CN(C3CCC(=O)NC3=O)C4=O)CC2)CC1. The van der Waals surface area contributed by atoms with E-state index in [4.69, 9.17) is 21.1 Å². The van der Waals surface area contributed by atoms with Crippen LogP contribution in [0.3, 0.4) is 0 Å². The fraction of sp³-hybridized carbons (Fsp3) is 0.468. The third-order valence-electron chi connectivity index (χ3n) is 12.8. The van der Waals surface area contributed by atoms with Crippen LogP contribution in [0.15, 0.2) is 60.8 Å². The van der Waals surface area contributed by atoms with Gasteiger partial charge in [0.15, 0.2) is 5.82 Å². The van der Waals surface area contributed by atoms with Gasteiger partial charge in [0.2, 0.25) is 17.8 Å². The molecular weight excluding hydrogens is 853 g/mol. The first kappa shape index (κ1) is 45.4. The molecule has 3 saturated heterocycles. The Balaban J connectivity index is 0.850. The number of aryl methyl sites for hydroxylation is 1. The second-order valence-electron chi connectivity index (χ2n) is 18.1. The number of piperazine rings is 1. The Labute approximate surface area is 380 Å². The van der Waals surface area contributed by atoms with E-state index in [9.17, 15) is 18.9 Å². The third kappa shape index (κ3) is 9.88. The molecule has 1 aromatic heterocycles. The number of halogens is 1. The maximum absolute atomic E-state index is 13.4. The van der Waals surface area contributed by atoms with E-state index in [1.807, 2.05) is 36.4 Å². The summed E-state index contributed by atoms with van der Waals surface area (Å²) >= 11 is 6.54. The molecule has 64 heavy (non-hydrogen) atoms. The summed E-state index contributed by atoms with van der Waals surface area (Å²) in [5.74, 6) is 1.18. The number of hydrogen-bond acceptors (Lipinski definition) is 13. The van der Waals surface area contributed by atoms with Crippen molar-refractivity contribution in [3.63, 3.8) is 0 Å². The highest BCUT2D eigenvalue weighted by Crippen LogP contribution is 2.40. The van der Waals surface area contributed by atoms with E-state index in [2.05, 4.69) is 73.5 Å². The van der Waals surface area contributed by atoms with Crippen LogP contribution in [-0.2, 0) is 27.1 Å². The second kappa shape index (κ2) is 18.7. The Morgan fingerprint density at radius 2 is 1.67 bits per heavy atom. The minimum Gasteiger partial charge on any atom is -0.494 e. The van der Waals surface area contributed by atoms with Crippen LogP contribution in [0.2, 0.25) is 5.02 Å². The van der Waals surface area contributed by atoms with E-state index in [1.165, 1.54) is 11.3 Å². The van der Waals surface area contributed by atoms with Crippen molar-refractivity contribution < 1.29 is 28.4 Å². The summed E-state index contributed by atoms with van der Waals surface area (Å²) in [6.45, 7) is 16.6. The zero-order chi connectivity index (χ0) is 45.3. The molecule has 3 fully saturated rings. The number of aromatic nitrogens is 2. The normalized spacial score (nSPS) is 19.1. The molecule has 0 bridgehead atoms. The smallest absolute Gasteiger partial charge is 0.255 e. The van der Waals surface area contributed by atoms with Crippen LogP contribution in [0.4, 0.5) is 28.8 Å². The van der Waals surface area contributed by atoms with Crippen LogP contribution in [0, 0.1) is 0 Å². The molecule has 3 amide bonds. The number of carbonyl (C=O) groups excluding carboxylic acids is 3. The minimum absolute atomic E-state index is 0.202. The molecule has 4 aliphatic rings. The van der Waals surface area contributed by atoms with Gasteiger partial charge < -0.3 is 34.5 Å². The summed E-state index contributed by atoms with van der Waals surface area (Å²) in [7, 11) is -0.892. The number of piperidine rings is 2. The topological polar surface area (TPSA) is 162 Å². The van der Waals surface area contributed by atoms with Crippen molar-refractivity contribution in [2.24, 2.45) is 0 Å². The Kier molecular flexibility index (Phi) is 13.3. The maximum atomic E-state index is 13.4. The van der Waals surface area contributed by atoms with Crippen molar-refractivity contribution in [1.82, 2.24) is 30.0 Å². The minimum atomic E-state index is -2.56. The number of nitrogens with one attached hydrogen (secondary N) is 3. The number of methoxy groups -OCH3 is 1. The van der Waals surface area contributed by atoms with Gasteiger partial charge in [-0.15, -0.1) is 0 Å². The molecule has 1 unspecified atom stereocenters. The number of amides is 3. The molecule has 4 aromatic rings. The van der Waals surface area contributed by atoms with Crippen molar-refractivity contribution in [3.05, 3.63) is 82.5 Å². The van der Waals surface area contributed by atoms with Crippen LogP contribution in [0.25, 0.3) is 0 Å². The lowest BCUT2D eigenvalue weighted by Crippen LogP contribution is -2.55. The number of fused-ring (bicyclic) bond motifs is 1. The third-order valence-corrected chi connectivity index (χ3v) is 14.6. The van der Waals surface area contributed by atoms with Gasteiger partial charge in [-0.3, -0.25) is 29.5 Å². The number of ether oxygens (including phenoxy) is 2. The Morgan fingerprint density at radius 3 is 2.38 bits per heavy atom. The first-order valence-electron chi connectivity index (χ1n) is 22.2. The van der Waals surface area contributed by atoms with Crippen LogP contribution in [0.5, 0.6) is 11.5 Å².